The summed E-state index contributed by atoms with van der Waals surface area (Å²) in [6.07, 6.45) is 3.85. The highest BCUT2D eigenvalue weighted by Crippen LogP contribution is 2.24. The third-order valence-corrected chi connectivity index (χ3v) is 4.40. The Balaban J connectivity index is 1.73. The van der Waals surface area contributed by atoms with Crippen LogP contribution in [0, 0.1) is 0 Å². The van der Waals surface area contributed by atoms with Crippen LogP contribution >= 0.6 is 11.6 Å². The molecule has 0 spiro atoms. The van der Waals surface area contributed by atoms with Gasteiger partial charge in [-0.3, -0.25) is 4.79 Å². The van der Waals surface area contributed by atoms with Gasteiger partial charge in [0.25, 0.3) is 5.56 Å². The molecule has 4 heteroatoms. The maximum absolute atomic E-state index is 12.5. The molecule has 2 aromatic rings. The van der Waals surface area contributed by atoms with Gasteiger partial charge in [0.15, 0.2) is 0 Å². The molecule has 122 valence electrons. The van der Waals surface area contributed by atoms with Crippen molar-refractivity contribution in [2.75, 3.05) is 0 Å². The van der Waals surface area contributed by atoms with E-state index in [-0.39, 0.29) is 5.56 Å². The maximum atomic E-state index is 12.5. The molecule has 0 radical (unpaired) electrons. The molecule has 4 rings (SSSR count). The molecule has 3 nitrogen and oxygen atoms in total. The van der Waals surface area contributed by atoms with Crippen molar-refractivity contribution in [1.29, 1.82) is 0 Å². The molecule has 0 atom stereocenters. The summed E-state index contributed by atoms with van der Waals surface area (Å²) in [5, 5.41) is 0.661. The van der Waals surface area contributed by atoms with Crippen LogP contribution in [0.4, 0.5) is 0 Å². The van der Waals surface area contributed by atoms with Gasteiger partial charge in [0.2, 0.25) is 0 Å². The minimum absolute atomic E-state index is 0.218. The normalized spacial score (nSPS) is 10.9. The first-order valence-electron chi connectivity index (χ1n) is 8.00. The summed E-state index contributed by atoms with van der Waals surface area (Å²) in [4.78, 5) is 16.7. The quantitative estimate of drug-likeness (QED) is 0.538. The Bertz CT molecular complexity index is 1040. The molecule has 25 heavy (non-hydrogen) atoms. The van der Waals surface area contributed by atoms with Gasteiger partial charge in [-0.1, -0.05) is 54.1 Å². The average Bonchev–Trinajstić information content (AvgIpc) is 2.63. The molecular formula is C21H15ClN2O. The summed E-state index contributed by atoms with van der Waals surface area (Å²) >= 11 is 5.92. The summed E-state index contributed by atoms with van der Waals surface area (Å²) in [5.74, 6) is 0. The smallest absolute Gasteiger partial charge is 0.279 e. The fourth-order valence-corrected chi connectivity index (χ4v) is 2.99. The fraction of sp³-hybridized carbons (Fsp3) is 0.0476. The predicted octanol–water partition coefficient (Wildman–Crippen LogP) is 4.72. The van der Waals surface area contributed by atoms with Crippen molar-refractivity contribution >= 4 is 11.6 Å². The Kier molecular flexibility index (Phi) is 4.08. The molecular weight excluding hydrogens is 332 g/mol. The van der Waals surface area contributed by atoms with E-state index in [0.717, 1.165) is 17.7 Å². The molecule has 0 fully saturated rings. The van der Waals surface area contributed by atoms with Gasteiger partial charge in [0.05, 0.1) is 11.3 Å². The van der Waals surface area contributed by atoms with Crippen LogP contribution in [-0.4, -0.2) is 9.55 Å². The second-order valence-corrected chi connectivity index (χ2v) is 6.36. The zero-order chi connectivity index (χ0) is 17.2. The van der Waals surface area contributed by atoms with Crippen LogP contribution in [0.3, 0.4) is 0 Å². The van der Waals surface area contributed by atoms with Gasteiger partial charge < -0.3 is 4.57 Å². The monoisotopic (exact) mass is 346 g/mol. The van der Waals surface area contributed by atoms with Crippen LogP contribution in [0.15, 0.2) is 83.9 Å². The van der Waals surface area contributed by atoms with Crippen molar-refractivity contribution in [3.8, 4) is 22.4 Å². The van der Waals surface area contributed by atoms with E-state index in [2.05, 4.69) is 17.1 Å². The second-order valence-electron chi connectivity index (χ2n) is 5.93. The van der Waals surface area contributed by atoms with Crippen LogP contribution in [0.2, 0.25) is 5.02 Å². The third-order valence-electron chi connectivity index (χ3n) is 4.14. The second kappa shape index (κ2) is 6.54. The molecule has 2 aliphatic heterocycles. The molecule has 2 aliphatic rings. The summed E-state index contributed by atoms with van der Waals surface area (Å²) < 4.78 is 2.00. The molecule has 2 heterocycles. The number of nitrogens with zero attached hydrogens (tertiary/aromatic N) is 2. The van der Waals surface area contributed by atoms with Gasteiger partial charge in [-0.2, -0.15) is 0 Å². The van der Waals surface area contributed by atoms with Crippen LogP contribution in [0.1, 0.15) is 5.56 Å². The lowest BCUT2D eigenvalue weighted by Gasteiger charge is -2.12. The van der Waals surface area contributed by atoms with E-state index in [9.17, 15) is 4.79 Å². The van der Waals surface area contributed by atoms with Crippen LogP contribution < -0.4 is 5.56 Å². The van der Waals surface area contributed by atoms with Crippen LogP contribution in [0.5, 0.6) is 0 Å². The van der Waals surface area contributed by atoms with Gasteiger partial charge in [0.1, 0.15) is 0 Å². The highest BCUT2D eigenvalue weighted by atomic mass is 35.5. The number of pyridine rings is 2. The summed E-state index contributed by atoms with van der Waals surface area (Å²) in [5.41, 5.74) is 4.01. The van der Waals surface area contributed by atoms with Crippen molar-refractivity contribution in [3.05, 3.63) is 100 Å². The first-order valence-corrected chi connectivity index (χ1v) is 8.37. The lowest BCUT2D eigenvalue weighted by molar-refractivity contribution is 0.790. The van der Waals surface area contributed by atoms with Crippen molar-refractivity contribution in [1.82, 2.24) is 9.55 Å². The molecule has 0 saturated carbocycles. The number of hydrogen-bond acceptors (Lipinski definition) is 2. The lowest BCUT2D eigenvalue weighted by Crippen LogP contribution is -2.13. The van der Waals surface area contributed by atoms with Gasteiger partial charge in [-0.25, -0.2) is 4.98 Å². The highest BCUT2D eigenvalue weighted by molar-refractivity contribution is 6.30. The molecule has 0 N–H and O–H groups in total. The van der Waals surface area contributed by atoms with E-state index in [1.54, 1.807) is 12.1 Å². The summed E-state index contributed by atoms with van der Waals surface area (Å²) in [7, 11) is 0. The predicted molar refractivity (Wildman–Crippen MR) is 101 cm³/mol. The number of halogens is 1. The van der Waals surface area contributed by atoms with E-state index < -0.39 is 0 Å². The van der Waals surface area contributed by atoms with Crippen LogP contribution in [-0.2, 0) is 6.54 Å². The van der Waals surface area contributed by atoms with Gasteiger partial charge in [0, 0.05) is 29.5 Å². The number of rotatable bonds is 3. The number of hydrogen-bond donors (Lipinski definition) is 0. The maximum Gasteiger partial charge on any atom is 0.279 e. The number of fused-ring (bicyclic) bond motifs is 1. The minimum Gasteiger partial charge on any atom is -0.349 e. The Morgan fingerprint density at radius 1 is 0.920 bits per heavy atom. The van der Waals surface area contributed by atoms with Crippen molar-refractivity contribution < 1.29 is 0 Å². The number of benzene rings is 2. The third kappa shape index (κ3) is 3.32. The van der Waals surface area contributed by atoms with Gasteiger partial charge >= 0.3 is 0 Å². The first kappa shape index (κ1) is 15.6. The topological polar surface area (TPSA) is 34.9 Å². The lowest BCUT2D eigenvalue weighted by atomic mass is 10.0. The number of aromatic nitrogens is 2. The molecule has 0 bridgehead atoms. The van der Waals surface area contributed by atoms with Gasteiger partial charge in [-0.05, 0) is 35.4 Å². The molecule has 0 amide bonds. The van der Waals surface area contributed by atoms with Crippen molar-refractivity contribution in [2.24, 2.45) is 0 Å². The van der Waals surface area contributed by atoms with E-state index in [1.165, 1.54) is 5.56 Å². The van der Waals surface area contributed by atoms with E-state index in [0.29, 0.717) is 16.3 Å². The molecule has 0 aromatic heterocycles. The van der Waals surface area contributed by atoms with E-state index in [1.807, 2.05) is 59.4 Å². The average molecular weight is 347 g/mol. The Hall–Kier alpha value is -2.91. The van der Waals surface area contributed by atoms with E-state index in [4.69, 9.17) is 11.6 Å². The summed E-state index contributed by atoms with van der Waals surface area (Å²) in [6.45, 7) is 0.717. The fourth-order valence-electron chi connectivity index (χ4n) is 2.86. The Morgan fingerprint density at radius 2 is 1.68 bits per heavy atom. The standard InChI is InChI=1S/C21H15ClN2O/c22-18-8-6-16(7-9-18)20-12-17-10-11-24(14-19(17)21(25)23-20)13-15-4-2-1-3-5-15/h1-12,14H,13H2. The zero-order valence-electron chi connectivity index (χ0n) is 13.4. The minimum atomic E-state index is -0.218. The SMILES string of the molecule is O=c1nc(-c2ccc(Cl)cc2)cc2ccn(Cc3ccccc3)cc1-2. The zero-order valence-corrected chi connectivity index (χ0v) is 14.1. The molecule has 0 unspecified atom stereocenters. The van der Waals surface area contributed by atoms with Crippen molar-refractivity contribution in [2.45, 2.75) is 6.54 Å². The molecule has 0 aliphatic carbocycles. The van der Waals surface area contributed by atoms with Crippen molar-refractivity contribution in [3.63, 3.8) is 0 Å². The largest absolute Gasteiger partial charge is 0.349 e. The Labute approximate surface area is 150 Å². The highest BCUT2D eigenvalue weighted by Gasteiger charge is 2.11. The van der Waals surface area contributed by atoms with E-state index >= 15 is 0 Å². The molecule has 0 saturated heterocycles. The van der Waals surface area contributed by atoms with Crippen LogP contribution in [0.25, 0.3) is 22.4 Å². The summed E-state index contributed by atoms with van der Waals surface area (Å²) in [6, 6.07) is 21.4. The van der Waals surface area contributed by atoms with Gasteiger partial charge in [-0.15, -0.1) is 0 Å². The molecule has 2 aromatic carbocycles. The first-order chi connectivity index (χ1) is 12.2. The Morgan fingerprint density at radius 3 is 2.44 bits per heavy atom.